The fraction of sp³-hybridized carbons (Fsp3) is 0.571. The maximum atomic E-state index is 12.4. The van der Waals surface area contributed by atoms with Crippen molar-refractivity contribution in [3.63, 3.8) is 0 Å². The van der Waals surface area contributed by atoms with Crippen molar-refractivity contribution in [1.29, 1.82) is 0 Å². The van der Waals surface area contributed by atoms with E-state index in [9.17, 15) is 8.42 Å². The molecule has 1 fully saturated rings. The fourth-order valence-corrected chi connectivity index (χ4v) is 4.15. The summed E-state index contributed by atoms with van der Waals surface area (Å²) in [5.41, 5.74) is 0. The van der Waals surface area contributed by atoms with Crippen molar-refractivity contribution in [2.45, 2.75) is 43.5 Å². The molecule has 0 radical (unpaired) electrons. The zero-order valence-electron chi connectivity index (χ0n) is 11.7. The zero-order chi connectivity index (χ0) is 14.8. The van der Waals surface area contributed by atoms with Gasteiger partial charge in [-0.3, -0.25) is 0 Å². The van der Waals surface area contributed by atoms with Crippen LogP contribution in [0.4, 0.5) is 0 Å². The summed E-state index contributed by atoms with van der Waals surface area (Å²) in [5, 5.41) is 0.400. The van der Waals surface area contributed by atoms with Crippen molar-refractivity contribution < 1.29 is 13.2 Å². The number of nitrogens with one attached hydrogen (secondary N) is 1. The van der Waals surface area contributed by atoms with Crippen LogP contribution in [0.1, 0.15) is 32.6 Å². The summed E-state index contributed by atoms with van der Waals surface area (Å²) in [6, 6.07) is 4.51. The lowest BCUT2D eigenvalue weighted by Crippen LogP contribution is -2.40. The van der Waals surface area contributed by atoms with Crippen LogP contribution in [-0.4, -0.2) is 21.6 Å². The highest BCUT2D eigenvalue weighted by atomic mass is 35.5. The van der Waals surface area contributed by atoms with Crippen molar-refractivity contribution in [2.75, 3.05) is 7.11 Å². The van der Waals surface area contributed by atoms with Gasteiger partial charge in [0.1, 0.15) is 5.75 Å². The first-order valence-electron chi connectivity index (χ1n) is 6.80. The van der Waals surface area contributed by atoms with E-state index < -0.39 is 10.0 Å². The topological polar surface area (TPSA) is 55.4 Å². The number of halogens is 1. The fourth-order valence-electron chi connectivity index (χ4n) is 2.57. The summed E-state index contributed by atoms with van der Waals surface area (Å²) < 4.78 is 32.7. The molecule has 0 heterocycles. The highest BCUT2D eigenvalue weighted by molar-refractivity contribution is 7.89. The van der Waals surface area contributed by atoms with Crippen LogP contribution in [0.2, 0.25) is 5.02 Å². The maximum absolute atomic E-state index is 12.4. The molecule has 2 atom stereocenters. The molecule has 1 aliphatic carbocycles. The van der Waals surface area contributed by atoms with Crippen LogP contribution in [0, 0.1) is 5.92 Å². The van der Waals surface area contributed by atoms with Crippen LogP contribution < -0.4 is 9.46 Å². The second-order valence-corrected chi connectivity index (χ2v) is 7.41. The number of sulfonamides is 1. The van der Waals surface area contributed by atoms with Gasteiger partial charge in [-0.05, 0) is 30.9 Å². The van der Waals surface area contributed by atoms with Gasteiger partial charge in [-0.15, -0.1) is 0 Å². The average molecular weight is 318 g/mol. The molecule has 0 unspecified atom stereocenters. The van der Waals surface area contributed by atoms with Gasteiger partial charge >= 0.3 is 0 Å². The minimum Gasteiger partial charge on any atom is -0.495 e. The van der Waals surface area contributed by atoms with E-state index in [0.29, 0.717) is 16.7 Å². The summed E-state index contributed by atoms with van der Waals surface area (Å²) >= 11 is 5.92. The Morgan fingerprint density at radius 2 is 2.00 bits per heavy atom. The second kappa shape index (κ2) is 6.33. The van der Waals surface area contributed by atoms with Crippen LogP contribution in [-0.2, 0) is 10.0 Å². The third kappa shape index (κ3) is 3.45. The molecule has 0 saturated heterocycles. The quantitative estimate of drug-likeness (QED) is 0.927. The van der Waals surface area contributed by atoms with Gasteiger partial charge in [0.25, 0.3) is 0 Å². The SMILES string of the molecule is COc1cc(S(=O)(=O)N[C@H]2CCCC[C@@H]2C)ccc1Cl. The molecule has 1 N–H and O–H groups in total. The van der Waals surface area contributed by atoms with Crippen molar-refractivity contribution in [2.24, 2.45) is 5.92 Å². The molecule has 2 rings (SSSR count). The van der Waals surface area contributed by atoms with Gasteiger partial charge in [0, 0.05) is 12.1 Å². The third-order valence-corrected chi connectivity index (χ3v) is 5.65. The van der Waals surface area contributed by atoms with Gasteiger partial charge in [-0.2, -0.15) is 0 Å². The zero-order valence-corrected chi connectivity index (χ0v) is 13.3. The molecule has 1 aromatic rings. The van der Waals surface area contributed by atoms with E-state index in [2.05, 4.69) is 11.6 Å². The molecule has 0 aromatic heterocycles. The molecule has 1 aromatic carbocycles. The van der Waals surface area contributed by atoms with E-state index >= 15 is 0 Å². The molecule has 4 nitrogen and oxygen atoms in total. The van der Waals surface area contributed by atoms with E-state index in [1.807, 2.05) is 0 Å². The van der Waals surface area contributed by atoms with Crippen LogP contribution >= 0.6 is 11.6 Å². The predicted octanol–water partition coefficient (Wildman–Crippen LogP) is 3.21. The second-order valence-electron chi connectivity index (χ2n) is 5.29. The minimum atomic E-state index is -3.53. The molecule has 0 aliphatic heterocycles. The number of ether oxygens (including phenoxy) is 1. The van der Waals surface area contributed by atoms with E-state index in [-0.39, 0.29) is 10.9 Å². The van der Waals surface area contributed by atoms with Crippen molar-refractivity contribution in [1.82, 2.24) is 4.72 Å². The molecule has 20 heavy (non-hydrogen) atoms. The number of rotatable bonds is 4. The Morgan fingerprint density at radius 1 is 1.30 bits per heavy atom. The highest BCUT2D eigenvalue weighted by Crippen LogP contribution is 2.29. The molecular formula is C14H20ClNO3S. The summed E-state index contributed by atoms with van der Waals surface area (Å²) in [6.45, 7) is 2.09. The van der Waals surface area contributed by atoms with E-state index in [4.69, 9.17) is 16.3 Å². The van der Waals surface area contributed by atoms with Crippen LogP contribution in [0.5, 0.6) is 5.75 Å². The first kappa shape index (κ1) is 15.6. The average Bonchev–Trinajstić information content (AvgIpc) is 2.41. The van der Waals surface area contributed by atoms with Gasteiger partial charge in [-0.25, -0.2) is 13.1 Å². The Hall–Kier alpha value is -0.780. The van der Waals surface area contributed by atoms with Gasteiger partial charge in [0.2, 0.25) is 10.0 Å². The molecular weight excluding hydrogens is 298 g/mol. The molecule has 1 aliphatic rings. The van der Waals surface area contributed by atoms with Crippen LogP contribution in [0.3, 0.4) is 0 Å². The molecule has 0 spiro atoms. The largest absolute Gasteiger partial charge is 0.495 e. The lowest BCUT2D eigenvalue weighted by molar-refractivity contribution is 0.310. The van der Waals surface area contributed by atoms with Gasteiger partial charge < -0.3 is 4.74 Å². The van der Waals surface area contributed by atoms with E-state index in [1.165, 1.54) is 25.7 Å². The minimum absolute atomic E-state index is 0.00965. The van der Waals surface area contributed by atoms with Gasteiger partial charge in [-0.1, -0.05) is 31.4 Å². The normalized spacial score (nSPS) is 23.6. The monoisotopic (exact) mass is 317 g/mol. The van der Waals surface area contributed by atoms with E-state index in [0.717, 1.165) is 19.3 Å². The lowest BCUT2D eigenvalue weighted by Gasteiger charge is -2.29. The predicted molar refractivity (Wildman–Crippen MR) is 79.7 cm³/mol. The maximum Gasteiger partial charge on any atom is 0.240 e. The number of methoxy groups -OCH3 is 1. The first-order chi connectivity index (χ1) is 9.44. The third-order valence-electron chi connectivity index (χ3n) is 3.85. The number of hydrogen-bond acceptors (Lipinski definition) is 3. The summed E-state index contributed by atoms with van der Waals surface area (Å²) in [4.78, 5) is 0.191. The van der Waals surface area contributed by atoms with E-state index in [1.54, 1.807) is 6.07 Å². The summed E-state index contributed by atoms with van der Waals surface area (Å²) in [6.07, 6.45) is 4.21. The Morgan fingerprint density at radius 3 is 2.65 bits per heavy atom. The van der Waals surface area contributed by atoms with Crippen LogP contribution in [0.25, 0.3) is 0 Å². The molecule has 0 amide bonds. The molecule has 1 saturated carbocycles. The first-order valence-corrected chi connectivity index (χ1v) is 8.66. The summed E-state index contributed by atoms with van der Waals surface area (Å²) in [5.74, 6) is 0.735. The van der Waals surface area contributed by atoms with Gasteiger partial charge in [0.15, 0.2) is 0 Å². The molecule has 112 valence electrons. The Balaban J connectivity index is 2.21. The van der Waals surface area contributed by atoms with Crippen molar-refractivity contribution in [3.05, 3.63) is 23.2 Å². The Labute approximate surface area is 125 Å². The Bertz CT molecular complexity index is 574. The van der Waals surface area contributed by atoms with Crippen molar-refractivity contribution >= 4 is 21.6 Å². The summed E-state index contributed by atoms with van der Waals surface area (Å²) in [7, 11) is -2.06. The van der Waals surface area contributed by atoms with Gasteiger partial charge in [0.05, 0.1) is 17.0 Å². The number of benzene rings is 1. The van der Waals surface area contributed by atoms with Crippen molar-refractivity contribution in [3.8, 4) is 5.75 Å². The number of hydrogen-bond donors (Lipinski definition) is 1. The standard InChI is InChI=1S/C14H20ClNO3S/c1-10-5-3-4-6-13(10)16-20(17,18)11-7-8-12(15)14(9-11)19-2/h7-10,13,16H,3-6H2,1-2H3/t10-,13-/m0/s1. The highest BCUT2D eigenvalue weighted by Gasteiger charge is 2.27. The smallest absolute Gasteiger partial charge is 0.240 e. The lowest BCUT2D eigenvalue weighted by atomic mass is 9.87. The Kier molecular flexibility index (Phi) is 4.94. The molecule has 6 heteroatoms. The molecule has 0 bridgehead atoms. The van der Waals surface area contributed by atoms with Crippen LogP contribution in [0.15, 0.2) is 23.1 Å².